The summed E-state index contributed by atoms with van der Waals surface area (Å²) >= 11 is 0. The van der Waals surface area contributed by atoms with Gasteiger partial charge in [0.15, 0.2) is 0 Å². The van der Waals surface area contributed by atoms with Gasteiger partial charge in [0.05, 0.1) is 5.92 Å². The highest BCUT2D eigenvalue weighted by molar-refractivity contribution is 5.74. The van der Waals surface area contributed by atoms with Gasteiger partial charge >= 0.3 is 5.97 Å². The highest BCUT2D eigenvalue weighted by atomic mass is 16.5. The van der Waals surface area contributed by atoms with Crippen molar-refractivity contribution in [1.82, 2.24) is 0 Å². The van der Waals surface area contributed by atoms with Gasteiger partial charge in [0.1, 0.15) is 6.10 Å². The molecule has 4 aliphatic rings. The lowest BCUT2D eigenvalue weighted by Crippen LogP contribution is -2.38. The molecule has 0 aromatic rings. The second-order valence-corrected chi connectivity index (χ2v) is 11.1. The average Bonchev–Trinajstić information content (AvgIpc) is 3.26. The number of ether oxygens (including phenoxy) is 1. The molecule has 3 fully saturated rings. The van der Waals surface area contributed by atoms with Crippen LogP contribution >= 0.6 is 0 Å². The van der Waals surface area contributed by atoms with E-state index in [-0.39, 0.29) is 18.0 Å². The van der Waals surface area contributed by atoms with E-state index in [9.17, 15) is 4.79 Å². The predicted molar refractivity (Wildman–Crippen MR) is 124 cm³/mol. The third kappa shape index (κ3) is 5.52. The summed E-state index contributed by atoms with van der Waals surface area (Å²) in [7, 11) is 0. The summed E-state index contributed by atoms with van der Waals surface area (Å²) in [6.45, 7) is 2.27. The summed E-state index contributed by atoms with van der Waals surface area (Å²) in [5.74, 6) is 3.79. The van der Waals surface area contributed by atoms with E-state index in [1.807, 2.05) is 0 Å². The molecule has 30 heavy (non-hydrogen) atoms. The Bertz CT molecular complexity index is 553. The van der Waals surface area contributed by atoms with Gasteiger partial charge in [0.2, 0.25) is 0 Å². The minimum atomic E-state index is 0.139. The van der Waals surface area contributed by atoms with Crippen LogP contribution in [-0.2, 0) is 9.53 Å². The van der Waals surface area contributed by atoms with Crippen LogP contribution in [0.15, 0.2) is 12.2 Å². The zero-order valence-electron chi connectivity index (χ0n) is 19.5. The molecule has 4 aliphatic carbocycles. The first-order valence-corrected chi connectivity index (χ1v) is 13.6. The molecule has 0 radical (unpaired) electrons. The van der Waals surface area contributed by atoms with Crippen LogP contribution in [0.4, 0.5) is 0 Å². The van der Waals surface area contributed by atoms with Crippen LogP contribution in [-0.4, -0.2) is 12.1 Å². The van der Waals surface area contributed by atoms with Crippen LogP contribution in [0.5, 0.6) is 0 Å². The van der Waals surface area contributed by atoms with Crippen molar-refractivity contribution in [2.24, 2.45) is 35.5 Å². The first-order chi connectivity index (χ1) is 14.8. The van der Waals surface area contributed by atoms with Gasteiger partial charge in [0.25, 0.3) is 0 Å². The predicted octanol–water partition coefficient (Wildman–Crippen LogP) is 7.86. The van der Waals surface area contributed by atoms with Crippen molar-refractivity contribution in [1.29, 1.82) is 0 Å². The van der Waals surface area contributed by atoms with Crippen molar-refractivity contribution in [3.05, 3.63) is 12.2 Å². The van der Waals surface area contributed by atoms with Crippen molar-refractivity contribution in [3.8, 4) is 0 Å². The van der Waals surface area contributed by atoms with Crippen LogP contribution in [0, 0.1) is 35.5 Å². The molecule has 0 spiro atoms. The lowest BCUT2D eigenvalue weighted by Gasteiger charge is -2.38. The standard InChI is InChI=1S/C28H46O2/c1-2-3-4-6-12-24-16-15-23-13-9-14-26(23)27(24)28(29)30-25-19-17-22(18-20-25)21-10-7-5-8-11-21/h15-16,21-27H,2-14,17-20H2,1H3/t22?,23-,24-,25?,26+,27+/m1/s1. The number of fused-ring (bicyclic) bond motifs is 1. The maximum Gasteiger partial charge on any atom is 0.310 e. The van der Waals surface area contributed by atoms with E-state index in [2.05, 4.69) is 19.1 Å². The molecule has 0 aromatic carbocycles. The van der Waals surface area contributed by atoms with Gasteiger partial charge in [-0.2, -0.15) is 0 Å². The topological polar surface area (TPSA) is 26.3 Å². The molecule has 0 aliphatic heterocycles. The van der Waals surface area contributed by atoms with Crippen molar-refractivity contribution < 1.29 is 9.53 Å². The van der Waals surface area contributed by atoms with E-state index < -0.39 is 0 Å². The summed E-state index contributed by atoms with van der Waals surface area (Å²) in [6, 6.07) is 0. The van der Waals surface area contributed by atoms with Crippen molar-refractivity contribution >= 4 is 5.97 Å². The quantitative estimate of drug-likeness (QED) is 0.229. The van der Waals surface area contributed by atoms with E-state index in [0.717, 1.165) is 24.7 Å². The lowest BCUT2D eigenvalue weighted by molar-refractivity contribution is -0.161. The van der Waals surface area contributed by atoms with E-state index in [4.69, 9.17) is 4.74 Å². The summed E-state index contributed by atoms with van der Waals surface area (Å²) in [5.41, 5.74) is 0. The number of allylic oxidation sites excluding steroid dienone is 2. The van der Waals surface area contributed by atoms with E-state index in [1.165, 1.54) is 96.3 Å². The largest absolute Gasteiger partial charge is 0.462 e. The van der Waals surface area contributed by atoms with Crippen LogP contribution < -0.4 is 0 Å². The number of rotatable bonds is 8. The fourth-order valence-electron chi connectivity index (χ4n) is 7.38. The minimum Gasteiger partial charge on any atom is -0.462 e. The Hall–Kier alpha value is -0.790. The number of carbonyl (C=O) groups is 1. The van der Waals surface area contributed by atoms with Gasteiger partial charge in [-0.3, -0.25) is 4.79 Å². The SMILES string of the molecule is CCCCCC[C@@H]1C=C[C@H]2CCC[C@@H]2[C@H]1C(=O)OC1CCC(C2CCCCC2)CC1. The Morgan fingerprint density at radius 2 is 1.57 bits per heavy atom. The zero-order valence-corrected chi connectivity index (χ0v) is 19.5. The molecule has 2 nitrogen and oxygen atoms in total. The van der Waals surface area contributed by atoms with E-state index >= 15 is 0 Å². The number of carbonyl (C=O) groups excluding carboxylic acids is 1. The second kappa shape index (κ2) is 11.2. The molecule has 2 heteroatoms. The average molecular weight is 415 g/mol. The molecule has 4 rings (SSSR count). The van der Waals surface area contributed by atoms with E-state index in [1.54, 1.807) is 0 Å². The molecule has 0 bridgehead atoms. The molecule has 3 saturated carbocycles. The molecule has 0 saturated heterocycles. The molecule has 170 valence electrons. The van der Waals surface area contributed by atoms with Crippen LogP contribution in [0.1, 0.15) is 116 Å². The first kappa shape index (κ1) is 22.4. The highest BCUT2D eigenvalue weighted by Gasteiger charge is 2.44. The van der Waals surface area contributed by atoms with Crippen LogP contribution in [0.2, 0.25) is 0 Å². The van der Waals surface area contributed by atoms with Gasteiger partial charge in [-0.1, -0.05) is 83.3 Å². The maximum atomic E-state index is 13.4. The van der Waals surface area contributed by atoms with Crippen molar-refractivity contribution in [2.75, 3.05) is 0 Å². The van der Waals surface area contributed by atoms with Crippen LogP contribution in [0.25, 0.3) is 0 Å². The Kier molecular flexibility index (Phi) is 8.35. The third-order valence-electron chi connectivity index (χ3n) is 9.13. The normalized spacial score (nSPS) is 37.1. The Labute approximate surface area is 185 Å². The Morgan fingerprint density at radius 1 is 0.800 bits per heavy atom. The summed E-state index contributed by atoms with van der Waals surface area (Å²) in [5, 5.41) is 0. The van der Waals surface area contributed by atoms with Gasteiger partial charge in [-0.15, -0.1) is 0 Å². The van der Waals surface area contributed by atoms with E-state index in [0.29, 0.717) is 17.8 Å². The number of unbranched alkanes of at least 4 members (excludes halogenated alkanes) is 3. The maximum absolute atomic E-state index is 13.4. The van der Waals surface area contributed by atoms with Gasteiger partial charge in [-0.25, -0.2) is 0 Å². The zero-order chi connectivity index (χ0) is 20.8. The molecule has 0 amide bonds. The number of hydrogen-bond acceptors (Lipinski definition) is 2. The monoisotopic (exact) mass is 414 g/mol. The summed E-state index contributed by atoms with van der Waals surface area (Å²) in [6.07, 6.45) is 27.2. The fourth-order valence-corrected chi connectivity index (χ4v) is 7.38. The first-order valence-electron chi connectivity index (χ1n) is 13.6. The molecule has 4 atom stereocenters. The minimum absolute atomic E-state index is 0.139. The van der Waals surface area contributed by atoms with Gasteiger partial charge < -0.3 is 4.74 Å². The van der Waals surface area contributed by atoms with Crippen molar-refractivity contribution in [3.63, 3.8) is 0 Å². The molecule has 0 heterocycles. The fraction of sp³-hybridized carbons (Fsp3) is 0.893. The summed E-state index contributed by atoms with van der Waals surface area (Å²) < 4.78 is 6.26. The van der Waals surface area contributed by atoms with Crippen LogP contribution in [0.3, 0.4) is 0 Å². The molecule has 0 unspecified atom stereocenters. The summed E-state index contributed by atoms with van der Waals surface area (Å²) in [4.78, 5) is 13.4. The van der Waals surface area contributed by atoms with Gasteiger partial charge in [0, 0.05) is 0 Å². The Balaban J connectivity index is 1.30. The molecular formula is C28H46O2. The molecule has 0 aromatic heterocycles. The highest BCUT2D eigenvalue weighted by Crippen LogP contribution is 2.47. The molecule has 0 N–H and O–H groups in total. The lowest BCUT2D eigenvalue weighted by atomic mass is 9.70. The van der Waals surface area contributed by atoms with Crippen molar-refractivity contribution in [2.45, 2.75) is 122 Å². The molecular weight excluding hydrogens is 368 g/mol. The Morgan fingerprint density at radius 3 is 2.33 bits per heavy atom. The number of esters is 1. The third-order valence-corrected chi connectivity index (χ3v) is 9.13. The smallest absolute Gasteiger partial charge is 0.310 e. The van der Waals surface area contributed by atoms with Gasteiger partial charge in [-0.05, 0) is 74.5 Å². The second-order valence-electron chi connectivity index (χ2n) is 11.1. The number of hydrogen-bond donors (Lipinski definition) is 0.